The van der Waals surface area contributed by atoms with Crippen molar-refractivity contribution >= 4 is 10.2 Å². The largest absolute Gasteiger partial charge is 0.320 e. The Balaban J connectivity index is 2.39. The zero-order valence-corrected chi connectivity index (χ0v) is 10.7. The summed E-state index contributed by atoms with van der Waals surface area (Å²) in [5.74, 6) is 0.303. The van der Waals surface area contributed by atoms with Crippen molar-refractivity contribution in [1.29, 1.82) is 0 Å². The molecule has 9 nitrogen and oxygen atoms in total. The molecule has 0 atom stereocenters. The highest BCUT2D eigenvalue weighted by Gasteiger charge is 2.17. The van der Waals surface area contributed by atoms with Crippen molar-refractivity contribution in [2.24, 2.45) is 0 Å². The highest BCUT2D eigenvalue weighted by molar-refractivity contribution is 7.87. The van der Waals surface area contributed by atoms with Gasteiger partial charge < -0.3 is 5.32 Å². The molecule has 0 saturated heterocycles. The van der Waals surface area contributed by atoms with Gasteiger partial charge in [0.1, 0.15) is 0 Å². The number of hydrogen-bond acceptors (Lipinski definition) is 6. The van der Waals surface area contributed by atoms with Gasteiger partial charge >= 0.3 is 0 Å². The van der Waals surface area contributed by atoms with Crippen molar-refractivity contribution in [3.63, 3.8) is 0 Å². The van der Waals surface area contributed by atoms with E-state index in [1.54, 1.807) is 0 Å². The Morgan fingerprint density at radius 1 is 1.47 bits per heavy atom. The van der Waals surface area contributed by atoms with Crippen molar-refractivity contribution in [3.05, 3.63) is 5.82 Å². The fourth-order valence-corrected chi connectivity index (χ4v) is 2.02. The molecule has 0 radical (unpaired) electrons. The smallest absolute Gasteiger partial charge is 0.279 e. The van der Waals surface area contributed by atoms with Gasteiger partial charge in [-0.25, -0.2) is 0 Å². The van der Waals surface area contributed by atoms with Crippen LogP contribution >= 0.6 is 0 Å². The molecule has 0 aliphatic heterocycles. The summed E-state index contributed by atoms with van der Waals surface area (Å²) in [6, 6.07) is 0. The molecule has 0 aromatic carbocycles. The summed E-state index contributed by atoms with van der Waals surface area (Å²) in [6.45, 7) is 1.24. The molecule has 1 aromatic rings. The summed E-state index contributed by atoms with van der Waals surface area (Å²) in [7, 11) is -0.138. The summed E-state index contributed by atoms with van der Waals surface area (Å²) in [5.41, 5.74) is 0. The summed E-state index contributed by atoms with van der Waals surface area (Å²) >= 11 is 0. The van der Waals surface area contributed by atoms with Crippen molar-refractivity contribution < 1.29 is 8.42 Å². The minimum absolute atomic E-state index is 0.0230. The number of nitrogens with one attached hydrogen (secondary N) is 3. The minimum Gasteiger partial charge on any atom is -0.320 e. The lowest BCUT2D eigenvalue weighted by Crippen LogP contribution is -2.39. The fraction of sp³-hybridized carbons (Fsp3) is 0.857. The second-order valence-electron chi connectivity index (χ2n) is 3.43. The molecule has 0 aliphatic rings. The molecule has 98 valence electrons. The Morgan fingerprint density at radius 2 is 2.24 bits per heavy atom. The zero-order chi connectivity index (χ0) is 12.7. The second-order valence-corrected chi connectivity index (χ2v) is 5.29. The van der Waals surface area contributed by atoms with Crippen LogP contribution in [0.3, 0.4) is 0 Å². The molecule has 1 heterocycles. The molecule has 0 unspecified atom stereocenters. The molecule has 1 rings (SSSR count). The van der Waals surface area contributed by atoms with Gasteiger partial charge in [-0.1, -0.05) is 5.21 Å². The van der Waals surface area contributed by atoms with E-state index in [1.807, 2.05) is 7.05 Å². The number of nitrogens with zero attached hydrogens (tertiary/aromatic N) is 4. The molecule has 0 fully saturated rings. The van der Waals surface area contributed by atoms with Crippen molar-refractivity contribution in [1.82, 2.24) is 35.0 Å². The Morgan fingerprint density at radius 3 is 2.82 bits per heavy atom. The number of aromatic nitrogens is 4. The SMILES string of the molecule is CNCCCN(C)S(=O)(=O)NCc1nn[nH]n1. The maximum absolute atomic E-state index is 11.7. The fourth-order valence-electron chi connectivity index (χ4n) is 1.12. The molecule has 3 N–H and O–H groups in total. The van der Waals surface area contributed by atoms with E-state index in [0.717, 1.165) is 13.0 Å². The third kappa shape index (κ3) is 4.73. The first kappa shape index (κ1) is 14.0. The summed E-state index contributed by atoms with van der Waals surface area (Å²) < 4.78 is 27.1. The molecule has 0 amide bonds. The molecule has 0 aliphatic carbocycles. The lowest BCUT2D eigenvalue weighted by molar-refractivity contribution is 0.447. The summed E-state index contributed by atoms with van der Waals surface area (Å²) in [6.07, 6.45) is 0.746. The molecule has 0 bridgehead atoms. The highest BCUT2D eigenvalue weighted by atomic mass is 32.2. The van der Waals surface area contributed by atoms with Gasteiger partial charge in [0.25, 0.3) is 10.2 Å². The zero-order valence-electron chi connectivity index (χ0n) is 9.84. The quantitative estimate of drug-likeness (QED) is 0.471. The Bertz CT molecular complexity index is 404. The van der Waals surface area contributed by atoms with E-state index in [9.17, 15) is 8.42 Å². The van der Waals surface area contributed by atoms with E-state index in [2.05, 4.69) is 30.7 Å². The van der Waals surface area contributed by atoms with Crippen LogP contribution < -0.4 is 10.0 Å². The lowest BCUT2D eigenvalue weighted by Gasteiger charge is -2.16. The number of aromatic amines is 1. The van der Waals surface area contributed by atoms with E-state index >= 15 is 0 Å². The molecular formula is C7H17N7O2S. The maximum Gasteiger partial charge on any atom is 0.279 e. The van der Waals surface area contributed by atoms with Gasteiger partial charge in [0, 0.05) is 13.6 Å². The van der Waals surface area contributed by atoms with Crippen LogP contribution in [0.25, 0.3) is 0 Å². The third-order valence-electron chi connectivity index (χ3n) is 2.11. The van der Waals surface area contributed by atoms with Gasteiger partial charge in [-0.2, -0.15) is 22.7 Å². The predicted molar refractivity (Wildman–Crippen MR) is 61.1 cm³/mol. The van der Waals surface area contributed by atoms with Gasteiger partial charge in [-0.3, -0.25) is 0 Å². The Kier molecular flexibility index (Phi) is 5.41. The topological polar surface area (TPSA) is 116 Å². The lowest BCUT2D eigenvalue weighted by atomic mass is 10.4. The van der Waals surface area contributed by atoms with Crippen LogP contribution in [-0.2, 0) is 16.8 Å². The molecular weight excluding hydrogens is 246 g/mol. The highest BCUT2D eigenvalue weighted by Crippen LogP contribution is 1.96. The van der Waals surface area contributed by atoms with Gasteiger partial charge in [0.05, 0.1) is 6.54 Å². The standard InChI is InChI=1S/C7H17N7O2S/c1-8-4-3-5-14(2)17(15,16)9-6-7-10-12-13-11-7/h8-9H,3-6H2,1-2H3,(H,10,11,12,13). The normalized spacial score (nSPS) is 12.2. The van der Waals surface area contributed by atoms with Crippen LogP contribution in [0.1, 0.15) is 12.2 Å². The van der Waals surface area contributed by atoms with Gasteiger partial charge in [-0.05, 0) is 20.0 Å². The van der Waals surface area contributed by atoms with Crippen molar-refractivity contribution in [2.75, 3.05) is 27.2 Å². The number of tetrazole rings is 1. The van der Waals surface area contributed by atoms with Gasteiger partial charge in [0.2, 0.25) is 0 Å². The molecule has 17 heavy (non-hydrogen) atoms. The van der Waals surface area contributed by atoms with E-state index in [0.29, 0.717) is 12.4 Å². The average molecular weight is 263 g/mol. The van der Waals surface area contributed by atoms with Gasteiger partial charge in [0.15, 0.2) is 5.82 Å². The Labute approximate surface area is 100 Å². The van der Waals surface area contributed by atoms with E-state index in [-0.39, 0.29) is 6.54 Å². The molecule has 0 saturated carbocycles. The molecule has 1 aromatic heterocycles. The van der Waals surface area contributed by atoms with Crippen molar-refractivity contribution in [2.45, 2.75) is 13.0 Å². The Hall–Kier alpha value is -1.10. The number of rotatable bonds is 8. The van der Waals surface area contributed by atoms with Crippen LogP contribution in [-0.4, -0.2) is 60.5 Å². The summed E-state index contributed by atoms with van der Waals surface area (Å²) in [5, 5.41) is 15.8. The van der Waals surface area contributed by atoms with Crippen molar-refractivity contribution in [3.8, 4) is 0 Å². The number of H-pyrrole nitrogens is 1. The van der Waals surface area contributed by atoms with Crippen LogP contribution in [0.4, 0.5) is 0 Å². The van der Waals surface area contributed by atoms with E-state index in [1.165, 1.54) is 11.4 Å². The maximum atomic E-state index is 11.7. The monoisotopic (exact) mass is 263 g/mol. The first-order valence-electron chi connectivity index (χ1n) is 5.14. The van der Waals surface area contributed by atoms with Crippen LogP contribution in [0, 0.1) is 0 Å². The minimum atomic E-state index is -3.48. The van der Waals surface area contributed by atoms with Crippen LogP contribution in [0.15, 0.2) is 0 Å². The average Bonchev–Trinajstić information content (AvgIpc) is 2.79. The third-order valence-corrected chi connectivity index (χ3v) is 3.62. The van der Waals surface area contributed by atoms with E-state index in [4.69, 9.17) is 0 Å². The summed E-state index contributed by atoms with van der Waals surface area (Å²) in [4.78, 5) is 0. The van der Waals surface area contributed by atoms with E-state index < -0.39 is 10.2 Å². The second kappa shape index (κ2) is 6.59. The molecule has 0 spiro atoms. The van der Waals surface area contributed by atoms with Gasteiger partial charge in [-0.15, -0.1) is 10.2 Å². The first-order valence-corrected chi connectivity index (χ1v) is 6.58. The first-order chi connectivity index (χ1) is 8.06. The van der Waals surface area contributed by atoms with Crippen LogP contribution in [0.2, 0.25) is 0 Å². The number of hydrogen-bond donors (Lipinski definition) is 3. The van der Waals surface area contributed by atoms with Crippen LogP contribution in [0.5, 0.6) is 0 Å². The molecule has 10 heteroatoms. The predicted octanol–water partition coefficient (Wildman–Crippen LogP) is -1.92.